The first-order chi connectivity index (χ1) is 15.5. The number of fused-ring (bicyclic) bond motifs is 3. The summed E-state index contributed by atoms with van der Waals surface area (Å²) in [5, 5.41) is 14.6. The monoisotopic (exact) mass is 452 g/mol. The first-order valence-electron chi connectivity index (χ1n) is 11.2. The lowest BCUT2D eigenvalue weighted by atomic mass is 9.86. The van der Waals surface area contributed by atoms with Crippen molar-refractivity contribution in [3.05, 3.63) is 59.7 Å². The van der Waals surface area contributed by atoms with Gasteiger partial charge in [-0.1, -0.05) is 83.1 Å². The number of nitrogens with one attached hydrogen (secondary N) is 2. The van der Waals surface area contributed by atoms with E-state index >= 15 is 0 Å². The van der Waals surface area contributed by atoms with Gasteiger partial charge in [0.2, 0.25) is 5.91 Å². The molecule has 2 amide bonds. The van der Waals surface area contributed by atoms with Gasteiger partial charge in [0.1, 0.15) is 18.7 Å². The summed E-state index contributed by atoms with van der Waals surface area (Å²) in [6, 6.07) is 14.1. The van der Waals surface area contributed by atoms with Crippen LogP contribution in [-0.4, -0.2) is 41.8 Å². The molecule has 1 aliphatic rings. The Labute approximate surface area is 194 Å². The van der Waals surface area contributed by atoms with Gasteiger partial charge in [-0.25, -0.2) is 9.59 Å². The average molecular weight is 453 g/mol. The normalized spacial score (nSPS) is 14.7. The molecular weight excluding hydrogens is 420 g/mol. The number of ether oxygens (including phenoxy) is 1. The van der Waals surface area contributed by atoms with Gasteiger partial charge in [-0.15, -0.1) is 0 Å². The summed E-state index contributed by atoms with van der Waals surface area (Å²) in [5.74, 6) is -2.08. The van der Waals surface area contributed by atoms with Crippen LogP contribution in [0.3, 0.4) is 0 Å². The maximum atomic E-state index is 12.9. The van der Waals surface area contributed by atoms with Gasteiger partial charge >= 0.3 is 12.1 Å². The molecule has 0 radical (unpaired) electrons. The Balaban J connectivity index is 1.71. The maximum absolute atomic E-state index is 12.9. The van der Waals surface area contributed by atoms with Crippen LogP contribution in [0.25, 0.3) is 11.1 Å². The molecule has 0 heterocycles. The summed E-state index contributed by atoms with van der Waals surface area (Å²) in [4.78, 5) is 37.1. The zero-order valence-corrected chi connectivity index (χ0v) is 19.7. The molecule has 2 aromatic rings. The summed E-state index contributed by atoms with van der Waals surface area (Å²) >= 11 is 0. The van der Waals surface area contributed by atoms with Crippen LogP contribution in [-0.2, 0) is 14.3 Å². The van der Waals surface area contributed by atoms with Gasteiger partial charge in [0.05, 0.1) is 0 Å². The second kappa shape index (κ2) is 9.65. The standard InChI is InChI=1S/C26H32N2O5/c1-15(2)21(24(30)31)27-23(29)22(26(3,4)5)28-25(32)33-14-20-18-12-8-6-10-16(18)17-11-7-9-13-19(17)20/h6-13,15,20-22H,14H2,1-5H3,(H,27,29)(H,28,32)(H,30,31)/t21-,22-/m0/s1. The summed E-state index contributed by atoms with van der Waals surface area (Å²) < 4.78 is 5.57. The molecule has 0 unspecified atom stereocenters. The van der Waals surface area contributed by atoms with E-state index in [2.05, 4.69) is 22.8 Å². The third kappa shape index (κ3) is 5.35. The number of hydrogen-bond donors (Lipinski definition) is 3. The van der Waals surface area contributed by atoms with Gasteiger partial charge in [0.15, 0.2) is 0 Å². The number of carbonyl (C=O) groups is 3. The Kier molecular flexibility index (Phi) is 7.10. The van der Waals surface area contributed by atoms with Crippen LogP contribution in [0, 0.1) is 11.3 Å². The highest BCUT2D eigenvalue weighted by Crippen LogP contribution is 2.44. The van der Waals surface area contributed by atoms with Crippen molar-refractivity contribution in [3.63, 3.8) is 0 Å². The van der Waals surface area contributed by atoms with E-state index in [4.69, 9.17) is 4.74 Å². The minimum absolute atomic E-state index is 0.0950. The minimum Gasteiger partial charge on any atom is -0.480 e. The third-order valence-corrected chi connectivity index (χ3v) is 5.96. The fourth-order valence-electron chi connectivity index (χ4n) is 4.18. The molecule has 2 atom stereocenters. The number of carboxylic acid groups (broad SMARTS) is 1. The van der Waals surface area contributed by atoms with Crippen LogP contribution in [0.5, 0.6) is 0 Å². The minimum atomic E-state index is -1.12. The lowest BCUT2D eigenvalue weighted by Gasteiger charge is -2.31. The van der Waals surface area contributed by atoms with Crippen molar-refractivity contribution in [2.45, 2.75) is 52.6 Å². The number of amides is 2. The number of carboxylic acids is 1. The zero-order chi connectivity index (χ0) is 24.3. The largest absolute Gasteiger partial charge is 0.480 e. The molecule has 0 fully saturated rings. The number of benzene rings is 2. The summed E-state index contributed by atoms with van der Waals surface area (Å²) in [7, 11) is 0. The topological polar surface area (TPSA) is 105 Å². The number of rotatable bonds is 7. The van der Waals surface area contributed by atoms with Crippen LogP contribution in [0.15, 0.2) is 48.5 Å². The smallest absolute Gasteiger partial charge is 0.407 e. The molecule has 2 aromatic carbocycles. The van der Waals surface area contributed by atoms with Gasteiger partial charge in [-0.2, -0.15) is 0 Å². The lowest BCUT2D eigenvalue weighted by Crippen LogP contribution is -2.57. The van der Waals surface area contributed by atoms with Crippen LogP contribution < -0.4 is 10.6 Å². The van der Waals surface area contributed by atoms with Gasteiger partial charge in [-0.05, 0) is 33.6 Å². The van der Waals surface area contributed by atoms with Crippen LogP contribution >= 0.6 is 0 Å². The van der Waals surface area contributed by atoms with Gasteiger partial charge in [0.25, 0.3) is 0 Å². The number of aliphatic carboxylic acids is 1. The molecule has 7 nitrogen and oxygen atoms in total. The first kappa shape index (κ1) is 24.3. The molecule has 3 N–H and O–H groups in total. The predicted molar refractivity (Wildman–Crippen MR) is 126 cm³/mol. The van der Waals surface area contributed by atoms with Gasteiger partial charge in [0, 0.05) is 5.92 Å². The van der Waals surface area contributed by atoms with Crippen molar-refractivity contribution in [2.24, 2.45) is 11.3 Å². The molecule has 0 spiro atoms. The van der Waals surface area contributed by atoms with E-state index < -0.39 is 35.5 Å². The van der Waals surface area contributed by atoms with Crippen LogP contribution in [0.4, 0.5) is 4.79 Å². The second-order valence-corrected chi connectivity index (χ2v) is 9.84. The summed E-state index contributed by atoms with van der Waals surface area (Å²) in [6.07, 6.45) is -0.719. The maximum Gasteiger partial charge on any atom is 0.407 e. The van der Waals surface area contributed by atoms with Gasteiger partial charge < -0.3 is 20.5 Å². The zero-order valence-electron chi connectivity index (χ0n) is 19.7. The Hall–Kier alpha value is -3.35. The third-order valence-electron chi connectivity index (χ3n) is 5.96. The molecule has 7 heteroatoms. The predicted octanol–water partition coefficient (Wildman–Crippen LogP) is 4.17. The molecule has 1 aliphatic carbocycles. The summed E-state index contributed by atoms with van der Waals surface area (Å²) in [6.45, 7) is 8.95. The fraction of sp³-hybridized carbons (Fsp3) is 0.423. The van der Waals surface area contributed by atoms with Crippen LogP contribution in [0.1, 0.15) is 51.7 Å². The molecular formula is C26H32N2O5. The van der Waals surface area contributed by atoms with E-state index in [1.54, 1.807) is 34.6 Å². The Morgan fingerprint density at radius 2 is 1.45 bits per heavy atom. The first-order valence-corrected chi connectivity index (χ1v) is 11.2. The summed E-state index contributed by atoms with van der Waals surface area (Å²) in [5.41, 5.74) is 3.79. The van der Waals surface area contributed by atoms with Gasteiger partial charge in [-0.3, -0.25) is 4.79 Å². The van der Waals surface area contributed by atoms with E-state index in [9.17, 15) is 19.5 Å². The second-order valence-electron chi connectivity index (χ2n) is 9.84. The number of carbonyl (C=O) groups excluding carboxylic acids is 2. The highest BCUT2D eigenvalue weighted by molar-refractivity contribution is 5.90. The van der Waals surface area contributed by atoms with E-state index in [0.29, 0.717) is 0 Å². The molecule has 3 rings (SSSR count). The molecule has 0 saturated carbocycles. The SMILES string of the molecule is CC(C)[C@H](NC(=O)[C@H](NC(=O)OCC1c2ccccc2-c2ccccc21)C(C)(C)C)C(=O)O. The van der Waals surface area contributed by atoms with Crippen molar-refractivity contribution in [3.8, 4) is 11.1 Å². The van der Waals surface area contributed by atoms with E-state index in [1.165, 1.54) is 0 Å². The van der Waals surface area contributed by atoms with Crippen molar-refractivity contribution < 1.29 is 24.2 Å². The average Bonchev–Trinajstić information content (AvgIpc) is 3.06. The molecule has 0 aromatic heterocycles. The van der Waals surface area contributed by atoms with E-state index in [1.807, 2.05) is 36.4 Å². The van der Waals surface area contributed by atoms with Crippen molar-refractivity contribution in [2.75, 3.05) is 6.61 Å². The molecule has 176 valence electrons. The highest BCUT2D eigenvalue weighted by Gasteiger charge is 2.36. The molecule has 0 aliphatic heterocycles. The Bertz CT molecular complexity index is 995. The van der Waals surface area contributed by atoms with Crippen molar-refractivity contribution in [1.82, 2.24) is 10.6 Å². The lowest BCUT2D eigenvalue weighted by molar-refractivity contribution is -0.143. The van der Waals surface area contributed by atoms with E-state index in [0.717, 1.165) is 22.3 Å². The Morgan fingerprint density at radius 3 is 1.91 bits per heavy atom. The number of alkyl carbamates (subject to hydrolysis) is 1. The van der Waals surface area contributed by atoms with Crippen molar-refractivity contribution >= 4 is 18.0 Å². The quantitative estimate of drug-likeness (QED) is 0.585. The molecule has 0 bridgehead atoms. The Morgan fingerprint density at radius 1 is 0.939 bits per heavy atom. The fourth-order valence-corrected chi connectivity index (χ4v) is 4.18. The van der Waals surface area contributed by atoms with Crippen molar-refractivity contribution in [1.29, 1.82) is 0 Å². The van der Waals surface area contributed by atoms with E-state index in [-0.39, 0.29) is 18.4 Å². The number of hydrogen-bond acceptors (Lipinski definition) is 4. The van der Waals surface area contributed by atoms with Crippen LogP contribution in [0.2, 0.25) is 0 Å². The molecule has 0 saturated heterocycles. The molecule has 33 heavy (non-hydrogen) atoms. The highest BCUT2D eigenvalue weighted by atomic mass is 16.5.